The molecule has 1 aromatic rings. The van der Waals surface area contributed by atoms with Crippen molar-refractivity contribution in [2.45, 2.75) is 0 Å². The van der Waals surface area contributed by atoms with Crippen LogP contribution in [0, 0.1) is 0 Å². The quantitative estimate of drug-likeness (QED) is 0.497. The van der Waals surface area contributed by atoms with E-state index in [-0.39, 0.29) is 0 Å². The van der Waals surface area contributed by atoms with Gasteiger partial charge in [-0.3, -0.25) is 4.57 Å². The van der Waals surface area contributed by atoms with Crippen molar-refractivity contribution in [2.24, 2.45) is 5.10 Å². The van der Waals surface area contributed by atoms with E-state index in [4.69, 9.17) is 0 Å². The summed E-state index contributed by atoms with van der Waals surface area (Å²) in [6, 6.07) is 0. The molecule has 1 radical (unpaired) electrons. The van der Waals surface area contributed by atoms with Gasteiger partial charge in [-0.15, -0.1) is 5.10 Å². The first-order valence-electron chi connectivity index (χ1n) is 2.89. The predicted octanol–water partition coefficient (Wildman–Crippen LogP) is 0.176. The largest absolute Gasteiger partial charge is 0.289 e. The van der Waals surface area contributed by atoms with Gasteiger partial charge in [0.2, 0.25) is 0 Å². The molecule has 49 valence electrons. The van der Waals surface area contributed by atoms with Gasteiger partial charge >= 0.3 is 0 Å². The van der Waals surface area contributed by atoms with Crippen LogP contribution in [0.4, 0.5) is 0 Å². The lowest BCUT2D eigenvalue weighted by molar-refractivity contribution is 0.954. The standard InChI is InChI=1S/C6H5N4/c1-2-8-9-6(1)10-4-3-7-5-10/h1-5H. The SMILES string of the molecule is C1=CC(n2ccnc2)=N[N]1. The molecule has 0 saturated carbocycles. The van der Waals surface area contributed by atoms with Crippen LogP contribution in [-0.2, 0) is 0 Å². The molecule has 2 heterocycles. The first-order chi connectivity index (χ1) is 4.97. The average Bonchev–Trinajstić information content (AvgIpc) is 2.59. The maximum absolute atomic E-state index is 3.87. The Morgan fingerprint density at radius 1 is 1.40 bits per heavy atom. The molecule has 0 amide bonds. The second-order valence-electron chi connectivity index (χ2n) is 1.86. The van der Waals surface area contributed by atoms with Gasteiger partial charge in [0.25, 0.3) is 0 Å². The van der Waals surface area contributed by atoms with Gasteiger partial charge in [0, 0.05) is 18.5 Å². The normalized spacial score (nSPS) is 15.0. The molecule has 0 bridgehead atoms. The van der Waals surface area contributed by atoms with Crippen LogP contribution in [0.15, 0.2) is 36.1 Å². The molecule has 1 aromatic heterocycles. The third-order valence-corrected chi connectivity index (χ3v) is 1.22. The average molecular weight is 133 g/mol. The molecule has 0 aromatic carbocycles. The number of aromatic nitrogens is 2. The first-order valence-corrected chi connectivity index (χ1v) is 2.89. The van der Waals surface area contributed by atoms with Gasteiger partial charge in [0.05, 0.1) is 6.20 Å². The summed E-state index contributed by atoms with van der Waals surface area (Å²) in [6.45, 7) is 0. The van der Waals surface area contributed by atoms with Gasteiger partial charge in [0.15, 0.2) is 5.84 Å². The number of hydrogen-bond donors (Lipinski definition) is 0. The minimum absolute atomic E-state index is 0.803. The Balaban J connectivity index is 2.36. The highest BCUT2D eigenvalue weighted by Crippen LogP contribution is 1.94. The van der Waals surface area contributed by atoms with E-state index in [1.165, 1.54) is 0 Å². The van der Waals surface area contributed by atoms with E-state index in [0.29, 0.717) is 0 Å². The van der Waals surface area contributed by atoms with Crippen LogP contribution < -0.4 is 5.43 Å². The molecule has 0 fully saturated rings. The summed E-state index contributed by atoms with van der Waals surface area (Å²) in [5, 5.41) is 3.83. The zero-order chi connectivity index (χ0) is 6.81. The monoisotopic (exact) mass is 133 g/mol. The zero-order valence-corrected chi connectivity index (χ0v) is 5.18. The fourth-order valence-electron chi connectivity index (χ4n) is 0.758. The van der Waals surface area contributed by atoms with Gasteiger partial charge in [-0.2, -0.15) is 5.43 Å². The zero-order valence-electron chi connectivity index (χ0n) is 5.18. The summed E-state index contributed by atoms with van der Waals surface area (Å²) in [5.74, 6) is 0.803. The Morgan fingerprint density at radius 2 is 2.40 bits per heavy atom. The van der Waals surface area contributed by atoms with Crippen molar-refractivity contribution in [3.05, 3.63) is 31.0 Å². The first kappa shape index (κ1) is 5.22. The van der Waals surface area contributed by atoms with Crippen LogP contribution in [0.5, 0.6) is 0 Å². The van der Waals surface area contributed by atoms with E-state index in [9.17, 15) is 0 Å². The van der Waals surface area contributed by atoms with E-state index < -0.39 is 0 Å². The number of imidazole rings is 1. The lowest BCUT2D eigenvalue weighted by Gasteiger charge is -1.92. The molecule has 0 spiro atoms. The van der Waals surface area contributed by atoms with Crippen molar-refractivity contribution in [3.8, 4) is 0 Å². The Kier molecular flexibility index (Phi) is 1.04. The minimum Gasteiger partial charge on any atom is -0.289 e. The molecule has 1 aliphatic rings. The minimum atomic E-state index is 0.803. The van der Waals surface area contributed by atoms with Crippen molar-refractivity contribution in [2.75, 3.05) is 0 Å². The van der Waals surface area contributed by atoms with Crippen LogP contribution in [0.25, 0.3) is 0 Å². The third-order valence-electron chi connectivity index (χ3n) is 1.22. The molecular weight excluding hydrogens is 128 g/mol. The maximum Gasteiger partial charge on any atom is 0.162 e. The Labute approximate surface area is 57.9 Å². The molecule has 1 aliphatic heterocycles. The van der Waals surface area contributed by atoms with Gasteiger partial charge in [-0.25, -0.2) is 4.98 Å². The van der Waals surface area contributed by atoms with Gasteiger partial charge in [-0.05, 0) is 0 Å². The summed E-state index contributed by atoms with van der Waals surface area (Å²) in [7, 11) is 0. The molecule has 10 heavy (non-hydrogen) atoms. The summed E-state index contributed by atoms with van der Waals surface area (Å²) in [4.78, 5) is 3.87. The van der Waals surface area contributed by atoms with E-state index in [2.05, 4.69) is 15.5 Å². The topological polar surface area (TPSA) is 44.3 Å². The van der Waals surface area contributed by atoms with Crippen LogP contribution >= 0.6 is 0 Å². The summed E-state index contributed by atoms with van der Waals surface area (Å²) >= 11 is 0. The van der Waals surface area contributed by atoms with E-state index in [1.807, 2.05) is 12.3 Å². The number of allylic oxidation sites excluding steroid dienone is 1. The van der Waals surface area contributed by atoms with Crippen LogP contribution in [0.1, 0.15) is 0 Å². The van der Waals surface area contributed by atoms with E-state index >= 15 is 0 Å². The Hall–Kier alpha value is -1.58. The van der Waals surface area contributed by atoms with Crippen molar-refractivity contribution in [1.82, 2.24) is 15.0 Å². The van der Waals surface area contributed by atoms with Crippen molar-refractivity contribution in [3.63, 3.8) is 0 Å². The second kappa shape index (κ2) is 1.98. The molecule has 0 saturated heterocycles. The Morgan fingerprint density at radius 3 is 3.00 bits per heavy atom. The summed E-state index contributed by atoms with van der Waals surface area (Å²) in [6.07, 6.45) is 8.68. The molecule has 0 N–H and O–H groups in total. The summed E-state index contributed by atoms with van der Waals surface area (Å²) in [5.41, 5.74) is 3.68. The maximum atomic E-state index is 3.87. The van der Waals surface area contributed by atoms with E-state index in [0.717, 1.165) is 5.84 Å². The third kappa shape index (κ3) is 0.699. The van der Waals surface area contributed by atoms with Crippen LogP contribution in [0.3, 0.4) is 0 Å². The number of nitrogens with zero attached hydrogens (tertiary/aromatic N) is 4. The molecule has 0 aliphatic carbocycles. The Bertz CT molecular complexity index is 270. The van der Waals surface area contributed by atoms with Crippen molar-refractivity contribution in [1.29, 1.82) is 0 Å². The lowest BCUT2D eigenvalue weighted by Crippen LogP contribution is -2.03. The van der Waals surface area contributed by atoms with Gasteiger partial charge < -0.3 is 0 Å². The van der Waals surface area contributed by atoms with Crippen LogP contribution in [-0.4, -0.2) is 15.4 Å². The van der Waals surface area contributed by atoms with Crippen molar-refractivity contribution >= 4 is 5.84 Å². The molecule has 0 unspecified atom stereocenters. The molecule has 0 atom stereocenters. The molecule has 2 rings (SSSR count). The molecular formula is C6H5N4. The fraction of sp³-hybridized carbons (Fsp3) is 0. The highest BCUT2D eigenvalue weighted by molar-refractivity contribution is 5.95. The highest BCUT2D eigenvalue weighted by Gasteiger charge is 2.00. The van der Waals surface area contributed by atoms with Gasteiger partial charge in [-0.1, -0.05) is 0 Å². The van der Waals surface area contributed by atoms with Crippen LogP contribution in [0.2, 0.25) is 0 Å². The number of hydrogen-bond acceptors (Lipinski definition) is 2. The fourth-order valence-corrected chi connectivity index (χ4v) is 0.758. The molecule has 4 nitrogen and oxygen atoms in total. The predicted molar refractivity (Wildman–Crippen MR) is 36.3 cm³/mol. The summed E-state index contributed by atoms with van der Waals surface area (Å²) < 4.78 is 1.80. The van der Waals surface area contributed by atoms with E-state index in [1.54, 1.807) is 23.3 Å². The van der Waals surface area contributed by atoms with Gasteiger partial charge in [0.1, 0.15) is 6.33 Å². The highest BCUT2D eigenvalue weighted by atomic mass is 15.3. The molecule has 4 heteroatoms. The lowest BCUT2D eigenvalue weighted by atomic mass is 10.5. The number of rotatable bonds is 0. The smallest absolute Gasteiger partial charge is 0.162 e. The second-order valence-corrected chi connectivity index (χ2v) is 1.86. The van der Waals surface area contributed by atoms with Crippen molar-refractivity contribution < 1.29 is 0 Å².